The number of rotatable bonds is 8. The van der Waals surface area contributed by atoms with E-state index in [1.165, 1.54) is 4.57 Å². The molecule has 0 radical (unpaired) electrons. The number of halogens is 3. The third kappa shape index (κ3) is 6.69. The fraction of sp³-hybridized carbons (Fsp3) is 0.500. The number of alkyl halides is 2. The van der Waals surface area contributed by atoms with E-state index in [1.54, 1.807) is 19.3 Å². The first-order chi connectivity index (χ1) is 29.9. The molecule has 0 spiro atoms. The average Bonchev–Trinajstić information content (AvgIpc) is 3.81. The number of amides is 2. The van der Waals surface area contributed by atoms with Gasteiger partial charge in [-0.05, 0) is 74.6 Å². The Kier molecular flexibility index (Phi) is 9.37. The SMILES string of the molecule is Cn1nc(C2CCC(=O)NC2=O)c2cccc(N3CC4CC3CN4CC3CCN(c4ncc(Cl)c(Nc5ccc6c(c5)c5c(c(=O)n6C)OCC(F)(F)C(C6CC6)N5)n4)CC3)c21. The maximum Gasteiger partial charge on any atom is 0.301 e. The molecule has 2 amide bonds. The molecular weight excluding hydrogens is 820 g/mol. The van der Waals surface area contributed by atoms with Gasteiger partial charge in [-0.3, -0.25) is 29.3 Å². The number of imide groups is 1. The summed E-state index contributed by atoms with van der Waals surface area (Å²) in [4.78, 5) is 54.7. The smallest absolute Gasteiger partial charge is 0.301 e. The molecule has 15 nitrogen and oxygen atoms in total. The number of aromatic nitrogens is 5. The predicted octanol–water partition coefficient (Wildman–Crippen LogP) is 5.53. The second kappa shape index (κ2) is 14.8. The molecule has 4 atom stereocenters. The van der Waals surface area contributed by atoms with E-state index in [-0.39, 0.29) is 29.2 Å². The van der Waals surface area contributed by atoms with Crippen molar-refractivity contribution >= 4 is 74.0 Å². The zero-order chi connectivity index (χ0) is 42.6. The lowest BCUT2D eigenvalue weighted by molar-refractivity contribution is -0.134. The molecule has 1 saturated carbocycles. The van der Waals surface area contributed by atoms with Crippen LogP contribution >= 0.6 is 11.6 Å². The molecule has 1 aliphatic carbocycles. The maximum absolute atomic E-state index is 15.2. The number of fused-ring (bicyclic) bond motifs is 6. The van der Waals surface area contributed by atoms with Crippen LogP contribution in [0.15, 0.2) is 47.4 Å². The number of para-hydroxylation sites is 1. The van der Waals surface area contributed by atoms with E-state index in [0.29, 0.717) is 77.1 Å². The lowest BCUT2D eigenvalue weighted by Gasteiger charge is -2.39. The largest absolute Gasteiger partial charge is 0.480 e. The number of nitrogens with zero attached hydrogens (tertiary/aromatic N) is 8. The highest BCUT2D eigenvalue weighted by molar-refractivity contribution is 6.33. The number of benzene rings is 2. The summed E-state index contributed by atoms with van der Waals surface area (Å²) in [5.74, 6) is -2.80. The van der Waals surface area contributed by atoms with E-state index in [1.807, 2.05) is 29.9 Å². The highest BCUT2D eigenvalue weighted by Crippen LogP contribution is 2.46. The molecule has 2 aromatic carbocycles. The van der Waals surface area contributed by atoms with Crippen LogP contribution in [-0.2, 0) is 23.7 Å². The van der Waals surface area contributed by atoms with Gasteiger partial charge in [0, 0.05) is 81.8 Å². The van der Waals surface area contributed by atoms with Crippen molar-refractivity contribution < 1.29 is 23.1 Å². The number of hydrogen-bond acceptors (Lipinski definition) is 12. The van der Waals surface area contributed by atoms with Crippen LogP contribution in [0.2, 0.25) is 5.02 Å². The Morgan fingerprint density at radius 1 is 1.00 bits per heavy atom. The molecule has 324 valence electrons. The van der Waals surface area contributed by atoms with Gasteiger partial charge in [0.15, 0.2) is 12.4 Å². The minimum Gasteiger partial charge on any atom is -0.480 e. The fourth-order valence-corrected chi connectivity index (χ4v) is 10.9. The maximum atomic E-state index is 15.2. The molecule has 4 unspecified atom stereocenters. The lowest BCUT2D eigenvalue weighted by Crippen LogP contribution is -2.49. The molecule has 6 aliphatic rings. The van der Waals surface area contributed by atoms with E-state index in [0.717, 1.165) is 74.3 Å². The van der Waals surface area contributed by atoms with Crippen LogP contribution in [-0.4, -0.2) is 104 Å². The van der Waals surface area contributed by atoms with Gasteiger partial charge in [-0.1, -0.05) is 23.7 Å². The average molecular weight is 868 g/mol. The number of anilines is 5. The van der Waals surface area contributed by atoms with Gasteiger partial charge < -0.3 is 29.7 Å². The van der Waals surface area contributed by atoms with Crippen LogP contribution in [0.25, 0.3) is 21.8 Å². The predicted molar refractivity (Wildman–Crippen MR) is 232 cm³/mol. The monoisotopic (exact) mass is 867 g/mol. The van der Waals surface area contributed by atoms with Crippen molar-refractivity contribution in [1.29, 1.82) is 0 Å². The molecule has 4 saturated heterocycles. The standard InChI is InChI=1S/C44H48ClF2N11O4/c1-54-32-10-8-25(16-30(32)36-38(42(54)61)62-22-44(46,47)39(51-36)24-6-7-24)49-40-31(45)18-48-43(52-40)56-14-12-23(13-15-56)19-57-20-27-17-26(57)21-58(27)33-5-3-4-28-35(53-55(2)37(28)33)29-9-11-34(59)50-41(29)60/h3-5,8,10,16,18,23-24,26-27,29,39,51H,6-7,9,11-15,17,19-22H2,1-2H3,(H,48,49,52)(H,50,59,60). The van der Waals surface area contributed by atoms with E-state index in [4.69, 9.17) is 26.4 Å². The second-order valence-electron chi connectivity index (χ2n) is 18.1. The fourth-order valence-electron chi connectivity index (χ4n) is 10.7. The van der Waals surface area contributed by atoms with Gasteiger partial charge in [-0.2, -0.15) is 10.1 Å². The molecule has 3 aromatic heterocycles. The zero-order valence-electron chi connectivity index (χ0n) is 34.5. The van der Waals surface area contributed by atoms with Crippen LogP contribution in [0.1, 0.15) is 56.6 Å². The molecule has 5 fully saturated rings. The van der Waals surface area contributed by atoms with Crippen LogP contribution in [0.4, 0.5) is 37.6 Å². The number of piperazine rings is 1. The van der Waals surface area contributed by atoms with Crippen molar-refractivity contribution in [3.8, 4) is 5.75 Å². The first-order valence-corrected chi connectivity index (χ1v) is 22.1. The molecule has 5 aromatic rings. The van der Waals surface area contributed by atoms with Gasteiger partial charge in [0.05, 0.1) is 46.3 Å². The summed E-state index contributed by atoms with van der Waals surface area (Å²) in [6, 6.07) is 11.4. The summed E-state index contributed by atoms with van der Waals surface area (Å²) in [5, 5.41) is 15.6. The Balaban J connectivity index is 0.744. The Morgan fingerprint density at radius 2 is 1.82 bits per heavy atom. The third-order valence-electron chi connectivity index (χ3n) is 14.1. The number of ether oxygens (including phenoxy) is 1. The number of piperidine rings is 2. The third-order valence-corrected chi connectivity index (χ3v) is 14.4. The summed E-state index contributed by atoms with van der Waals surface area (Å²) in [7, 11) is 3.55. The minimum absolute atomic E-state index is 0.105. The summed E-state index contributed by atoms with van der Waals surface area (Å²) in [5.41, 5.74) is 3.93. The Labute approximate surface area is 360 Å². The van der Waals surface area contributed by atoms with Crippen LogP contribution < -0.4 is 36.0 Å². The highest BCUT2D eigenvalue weighted by atomic mass is 35.5. The Bertz CT molecular complexity index is 2710. The lowest BCUT2D eigenvalue weighted by atomic mass is 9.92. The molecule has 5 aliphatic heterocycles. The van der Waals surface area contributed by atoms with E-state index >= 15 is 8.78 Å². The first-order valence-electron chi connectivity index (χ1n) is 21.7. The number of hydrogen-bond donors (Lipinski definition) is 3. The van der Waals surface area contributed by atoms with Gasteiger partial charge in [-0.25, -0.2) is 13.8 Å². The molecule has 18 heteroatoms. The topological polar surface area (TPSA) is 155 Å². The van der Waals surface area contributed by atoms with Crippen LogP contribution in [0.3, 0.4) is 0 Å². The number of nitrogens with one attached hydrogen (secondary N) is 3. The van der Waals surface area contributed by atoms with E-state index in [9.17, 15) is 14.4 Å². The van der Waals surface area contributed by atoms with Crippen molar-refractivity contribution in [1.82, 2.24) is 34.5 Å². The van der Waals surface area contributed by atoms with Gasteiger partial charge >= 0.3 is 5.92 Å². The summed E-state index contributed by atoms with van der Waals surface area (Å²) in [6.07, 6.45) is 6.92. The highest BCUT2D eigenvalue weighted by Gasteiger charge is 2.51. The van der Waals surface area contributed by atoms with Crippen molar-refractivity contribution in [2.75, 3.05) is 59.8 Å². The Hall–Kier alpha value is -5.55. The zero-order valence-corrected chi connectivity index (χ0v) is 35.3. The number of aryl methyl sites for hydroxylation is 2. The Morgan fingerprint density at radius 3 is 2.58 bits per heavy atom. The number of pyridine rings is 1. The number of carbonyl (C=O) groups excluding carboxylic acids is 2. The molecule has 3 N–H and O–H groups in total. The van der Waals surface area contributed by atoms with Crippen molar-refractivity contribution in [2.45, 2.75) is 74.9 Å². The molecule has 2 bridgehead atoms. The van der Waals surface area contributed by atoms with Gasteiger partial charge in [0.2, 0.25) is 23.5 Å². The summed E-state index contributed by atoms with van der Waals surface area (Å²) in [6.45, 7) is 3.75. The van der Waals surface area contributed by atoms with Crippen LogP contribution in [0.5, 0.6) is 5.75 Å². The summed E-state index contributed by atoms with van der Waals surface area (Å²) < 4.78 is 39.2. The molecular formula is C44H48ClF2N11O4. The van der Waals surface area contributed by atoms with Crippen LogP contribution in [0, 0.1) is 11.8 Å². The first kappa shape index (κ1) is 39.3. The second-order valence-corrected chi connectivity index (χ2v) is 18.5. The van der Waals surface area contributed by atoms with Crippen molar-refractivity contribution in [2.24, 2.45) is 25.9 Å². The molecule has 62 heavy (non-hydrogen) atoms. The van der Waals surface area contributed by atoms with E-state index in [2.05, 4.69) is 47.8 Å². The van der Waals surface area contributed by atoms with Gasteiger partial charge in [0.1, 0.15) is 5.02 Å². The summed E-state index contributed by atoms with van der Waals surface area (Å²) >= 11 is 6.65. The van der Waals surface area contributed by atoms with Crippen molar-refractivity contribution in [3.05, 3.63) is 63.7 Å². The normalized spacial score (nSPS) is 25.2. The van der Waals surface area contributed by atoms with Gasteiger partial charge in [0.25, 0.3) is 5.56 Å². The number of carbonyl (C=O) groups is 2. The van der Waals surface area contributed by atoms with Crippen molar-refractivity contribution in [3.63, 3.8) is 0 Å². The van der Waals surface area contributed by atoms with Gasteiger partial charge in [-0.15, -0.1) is 0 Å². The quantitative estimate of drug-likeness (QED) is 0.168. The minimum atomic E-state index is -3.13. The number of likely N-dealkylation sites (tertiary alicyclic amines) is 1. The molecule has 8 heterocycles. The van der Waals surface area contributed by atoms with E-state index < -0.39 is 30.0 Å². The molecule has 11 rings (SSSR count).